The van der Waals surface area contributed by atoms with Gasteiger partial charge in [0, 0.05) is 0 Å². The monoisotopic (exact) mass is 224 g/mol. The predicted octanol–water partition coefficient (Wildman–Crippen LogP) is 6.12. The largest absolute Gasteiger partial charge is 0.103 e. The van der Waals surface area contributed by atoms with Gasteiger partial charge in [-0.2, -0.15) is 0 Å². The fourth-order valence-electron chi connectivity index (χ4n) is 2.20. The van der Waals surface area contributed by atoms with E-state index in [0.717, 1.165) is 5.92 Å². The molecule has 0 rings (SSSR count). The van der Waals surface area contributed by atoms with E-state index in [1.165, 1.54) is 70.6 Å². The third-order valence-corrected chi connectivity index (χ3v) is 3.41. The van der Waals surface area contributed by atoms with Gasteiger partial charge in [-0.1, -0.05) is 77.7 Å². The van der Waals surface area contributed by atoms with Gasteiger partial charge in [0.15, 0.2) is 0 Å². The van der Waals surface area contributed by atoms with Gasteiger partial charge in [0.25, 0.3) is 0 Å². The summed E-state index contributed by atoms with van der Waals surface area (Å²) in [6.45, 7) is 8.45. The normalized spacial score (nSPS) is 12.6. The fraction of sp³-hybridized carbons (Fsp3) is 0.875. The van der Waals surface area contributed by atoms with Crippen molar-refractivity contribution in [1.29, 1.82) is 0 Å². The molecule has 0 bridgehead atoms. The SMILES string of the molecule is C=CCCCC(C)CCCCCCCCC. The van der Waals surface area contributed by atoms with Crippen LogP contribution in [0.2, 0.25) is 0 Å². The first-order valence-corrected chi connectivity index (χ1v) is 7.42. The topological polar surface area (TPSA) is 0 Å². The average molecular weight is 224 g/mol. The summed E-state index contributed by atoms with van der Waals surface area (Å²) in [6.07, 6.45) is 17.5. The van der Waals surface area contributed by atoms with E-state index in [4.69, 9.17) is 0 Å². The minimum atomic E-state index is 0.926. The molecule has 0 aromatic carbocycles. The summed E-state index contributed by atoms with van der Waals surface area (Å²) in [5.41, 5.74) is 0. The van der Waals surface area contributed by atoms with Crippen LogP contribution < -0.4 is 0 Å². The lowest BCUT2D eigenvalue weighted by Gasteiger charge is -2.10. The molecule has 1 unspecified atom stereocenters. The molecule has 0 aliphatic heterocycles. The molecule has 96 valence electrons. The summed E-state index contributed by atoms with van der Waals surface area (Å²) in [5, 5.41) is 0. The van der Waals surface area contributed by atoms with Crippen LogP contribution in [-0.4, -0.2) is 0 Å². The first-order chi connectivity index (χ1) is 7.81. The Bertz CT molecular complexity index is 137. The number of hydrogen-bond donors (Lipinski definition) is 0. The summed E-state index contributed by atoms with van der Waals surface area (Å²) in [5.74, 6) is 0.926. The zero-order valence-corrected chi connectivity index (χ0v) is 11.6. The van der Waals surface area contributed by atoms with Crippen molar-refractivity contribution in [3.63, 3.8) is 0 Å². The van der Waals surface area contributed by atoms with Gasteiger partial charge < -0.3 is 0 Å². The van der Waals surface area contributed by atoms with Crippen LogP contribution in [0.3, 0.4) is 0 Å². The van der Waals surface area contributed by atoms with Gasteiger partial charge in [0.1, 0.15) is 0 Å². The molecule has 0 saturated heterocycles. The standard InChI is InChI=1S/C16H32/c1-4-6-8-9-10-11-13-15-16(3)14-12-7-5-2/h5,16H,2,4,6-15H2,1,3H3. The Balaban J connectivity index is 3.08. The molecular formula is C16H32. The highest BCUT2D eigenvalue weighted by Gasteiger charge is 2.00. The fourth-order valence-corrected chi connectivity index (χ4v) is 2.20. The summed E-state index contributed by atoms with van der Waals surface area (Å²) in [7, 11) is 0. The highest BCUT2D eigenvalue weighted by Crippen LogP contribution is 2.17. The molecule has 0 amide bonds. The molecule has 0 heteroatoms. The van der Waals surface area contributed by atoms with Crippen molar-refractivity contribution >= 4 is 0 Å². The Hall–Kier alpha value is -0.260. The lowest BCUT2D eigenvalue weighted by Crippen LogP contribution is -1.94. The van der Waals surface area contributed by atoms with Gasteiger partial charge in [-0.05, 0) is 18.8 Å². The van der Waals surface area contributed by atoms with E-state index < -0.39 is 0 Å². The molecule has 0 radical (unpaired) electrons. The summed E-state index contributed by atoms with van der Waals surface area (Å²) >= 11 is 0. The molecule has 16 heavy (non-hydrogen) atoms. The molecule has 0 nitrogen and oxygen atoms in total. The molecule has 0 saturated carbocycles. The van der Waals surface area contributed by atoms with Gasteiger partial charge in [0.05, 0.1) is 0 Å². The van der Waals surface area contributed by atoms with Gasteiger partial charge in [-0.15, -0.1) is 6.58 Å². The van der Waals surface area contributed by atoms with Crippen molar-refractivity contribution < 1.29 is 0 Å². The smallest absolute Gasteiger partial charge is 0.0353 e. The second-order valence-corrected chi connectivity index (χ2v) is 5.23. The van der Waals surface area contributed by atoms with Gasteiger partial charge >= 0.3 is 0 Å². The maximum Gasteiger partial charge on any atom is -0.0353 e. The van der Waals surface area contributed by atoms with Crippen molar-refractivity contribution in [2.24, 2.45) is 5.92 Å². The number of rotatable bonds is 12. The van der Waals surface area contributed by atoms with Crippen LogP contribution in [0.25, 0.3) is 0 Å². The van der Waals surface area contributed by atoms with Crippen LogP contribution in [0.5, 0.6) is 0 Å². The van der Waals surface area contributed by atoms with Gasteiger partial charge in [0.2, 0.25) is 0 Å². The molecule has 0 aromatic heterocycles. The molecular weight excluding hydrogens is 192 g/mol. The van der Waals surface area contributed by atoms with Crippen molar-refractivity contribution in [3.05, 3.63) is 12.7 Å². The predicted molar refractivity (Wildman–Crippen MR) is 75.8 cm³/mol. The van der Waals surface area contributed by atoms with E-state index in [0.29, 0.717) is 0 Å². The van der Waals surface area contributed by atoms with Crippen molar-refractivity contribution in [2.75, 3.05) is 0 Å². The Labute approximate surface area is 104 Å². The number of unbranched alkanes of at least 4 members (excludes halogenated alkanes) is 7. The quantitative estimate of drug-likeness (QED) is 0.277. The van der Waals surface area contributed by atoms with Crippen LogP contribution >= 0.6 is 0 Å². The minimum absolute atomic E-state index is 0.926. The second-order valence-electron chi connectivity index (χ2n) is 5.23. The Morgan fingerprint density at radius 2 is 1.44 bits per heavy atom. The van der Waals surface area contributed by atoms with Crippen LogP contribution in [-0.2, 0) is 0 Å². The van der Waals surface area contributed by atoms with Crippen LogP contribution in [0.4, 0.5) is 0 Å². The van der Waals surface area contributed by atoms with Gasteiger partial charge in [-0.3, -0.25) is 0 Å². The van der Waals surface area contributed by atoms with E-state index >= 15 is 0 Å². The van der Waals surface area contributed by atoms with Crippen LogP contribution in [0.15, 0.2) is 12.7 Å². The summed E-state index contributed by atoms with van der Waals surface area (Å²) in [4.78, 5) is 0. The Morgan fingerprint density at radius 1 is 0.875 bits per heavy atom. The average Bonchev–Trinajstić information content (AvgIpc) is 2.28. The van der Waals surface area contributed by atoms with E-state index in [1.54, 1.807) is 0 Å². The Morgan fingerprint density at radius 3 is 2.06 bits per heavy atom. The van der Waals surface area contributed by atoms with E-state index in [2.05, 4.69) is 20.4 Å². The number of allylic oxidation sites excluding steroid dienone is 1. The number of hydrogen-bond acceptors (Lipinski definition) is 0. The zero-order chi connectivity index (χ0) is 12.1. The van der Waals surface area contributed by atoms with Crippen LogP contribution in [0.1, 0.15) is 84.5 Å². The van der Waals surface area contributed by atoms with Crippen molar-refractivity contribution in [1.82, 2.24) is 0 Å². The lowest BCUT2D eigenvalue weighted by molar-refractivity contribution is 0.445. The molecule has 0 spiro atoms. The highest BCUT2D eigenvalue weighted by molar-refractivity contribution is 4.66. The third-order valence-electron chi connectivity index (χ3n) is 3.41. The summed E-state index contributed by atoms with van der Waals surface area (Å²) < 4.78 is 0. The van der Waals surface area contributed by atoms with Crippen LogP contribution in [0, 0.1) is 5.92 Å². The maximum absolute atomic E-state index is 3.77. The first kappa shape index (κ1) is 15.7. The molecule has 1 atom stereocenters. The minimum Gasteiger partial charge on any atom is -0.103 e. The van der Waals surface area contributed by atoms with E-state index in [1.807, 2.05) is 6.08 Å². The van der Waals surface area contributed by atoms with Gasteiger partial charge in [-0.25, -0.2) is 0 Å². The van der Waals surface area contributed by atoms with Crippen molar-refractivity contribution in [3.8, 4) is 0 Å². The molecule has 0 heterocycles. The lowest BCUT2D eigenvalue weighted by atomic mass is 9.97. The molecule has 0 fully saturated rings. The molecule has 0 aromatic rings. The first-order valence-electron chi connectivity index (χ1n) is 7.42. The molecule has 0 aliphatic rings. The van der Waals surface area contributed by atoms with E-state index in [9.17, 15) is 0 Å². The maximum atomic E-state index is 3.77. The molecule has 0 N–H and O–H groups in total. The highest BCUT2D eigenvalue weighted by atomic mass is 14.1. The van der Waals surface area contributed by atoms with E-state index in [-0.39, 0.29) is 0 Å². The third kappa shape index (κ3) is 11.8. The van der Waals surface area contributed by atoms with Crippen molar-refractivity contribution in [2.45, 2.75) is 84.5 Å². The zero-order valence-electron chi connectivity index (χ0n) is 11.6. The Kier molecular flexibility index (Phi) is 12.6. The summed E-state index contributed by atoms with van der Waals surface area (Å²) in [6, 6.07) is 0. The molecule has 0 aliphatic carbocycles. The second kappa shape index (κ2) is 12.8.